The van der Waals surface area contributed by atoms with Crippen molar-refractivity contribution in [3.05, 3.63) is 81.9 Å². The first-order valence-electron chi connectivity index (χ1n) is 17.4. The van der Waals surface area contributed by atoms with Gasteiger partial charge in [-0.05, 0) is 87.0 Å². The first kappa shape index (κ1) is 42.6. The Morgan fingerprint density at radius 2 is 1.63 bits per heavy atom. The molecule has 0 bridgehead atoms. The average molecular weight is 807 g/mol. The highest BCUT2D eigenvalue weighted by Crippen LogP contribution is 2.49. The topological polar surface area (TPSA) is 250 Å². The third-order valence-corrected chi connectivity index (χ3v) is 12.2. The summed E-state index contributed by atoms with van der Waals surface area (Å²) in [5, 5.41) is 6.25. The number of carbonyl (C=O) groups excluding carboxylic acids is 1. The van der Waals surface area contributed by atoms with E-state index < -0.39 is 46.9 Å². The van der Waals surface area contributed by atoms with Crippen LogP contribution in [0.25, 0.3) is 10.4 Å². The SMILES string of the molecule is CC1(C)C(/C=C/C=C2/N(CCCS(=O)(=O)O)c3ccc(S(=O)(=O)O)cc3C2(C)C)=[N+](CCCCCC(=O)NCCCN=[N+]=[N-])c2ccc(S(=O)(=O)[O-])cc21. The molecule has 19 heteroatoms. The lowest BCUT2D eigenvalue weighted by Gasteiger charge is -2.27. The number of unbranched alkanes of at least 4 members (excludes halogenated alkanes) is 2. The van der Waals surface area contributed by atoms with E-state index in [0.29, 0.717) is 74.2 Å². The molecule has 0 fully saturated rings. The van der Waals surface area contributed by atoms with Crippen LogP contribution in [0.1, 0.15) is 77.3 Å². The Hall–Kier alpha value is -4.10. The standard InChI is InChI=1S/C35H46N6O10S3/c1-34(2)27-23-25(53(46,47)48)14-16-29(27)40(20-7-5-6-13-33(42)37-18-9-19-38-39-36)31(34)11-8-12-32-35(3,4)28-24-26(54(49,50)51)15-17-30(28)41(32)21-10-22-52(43,44)45/h8,11-12,14-17,23-24H,5-7,9-10,13,18-22H2,1-4H3,(H3-,37,42,43,44,45,46,47,48,49,50,51). The number of nitrogens with zero attached hydrogens (tertiary/aromatic N) is 5. The van der Waals surface area contributed by atoms with Crippen molar-refractivity contribution in [1.82, 2.24) is 5.32 Å². The first-order valence-corrected chi connectivity index (χ1v) is 21.8. The molecule has 2 heterocycles. The Kier molecular flexibility index (Phi) is 13.2. The summed E-state index contributed by atoms with van der Waals surface area (Å²) in [6.07, 6.45) is 8.45. The van der Waals surface area contributed by atoms with Gasteiger partial charge in [-0.3, -0.25) is 13.9 Å². The fourth-order valence-corrected chi connectivity index (χ4v) is 8.48. The number of nitrogens with one attached hydrogen (secondary N) is 1. The maximum absolute atomic E-state index is 12.2. The lowest BCUT2D eigenvalue weighted by Crippen LogP contribution is -2.29. The van der Waals surface area contributed by atoms with Gasteiger partial charge in [-0.25, -0.2) is 8.42 Å². The van der Waals surface area contributed by atoms with Crippen LogP contribution in [0.5, 0.6) is 0 Å². The van der Waals surface area contributed by atoms with E-state index in [1.807, 2.05) is 44.7 Å². The Labute approximate surface area is 316 Å². The molecule has 0 saturated carbocycles. The third-order valence-electron chi connectivity index (χ3n) is 9.71. The number of anilines is 1. The van der Waals surface area contributed by atoms with Crippen molar-refractivity contribution in [2.24, 2.45) is 5.11 Å². The van der Waals surface area contributed by atoms with Gasteiger partial charge in [0, 0.05) is 71.9 Å². The summed E-state index contributed by atoms with van der Waals surface area (Å²) in [6.45, 7) is 8.96. The smallest absolute Gasteiger partial charge is 0.294 e. The molecule has 0 radical (unpaired) electrons. The minimum Gasteiger partial charge on any atom is -0.744 e. The molecule has 16 nitrogen and oxygen atoms in total. The second kappa shape index (κ2) is 16.7. The number of carbonyl (C=O) groups is 1. The van der Waals surface area contributed by atoms with Crippen molar-refractivity contribution in [3.8, 4) is 0 Å². The summed E-state index contributed by atoms with van der Waals surface area (Å²) < 4.78 is 104. The minimum atomic E-state index is -4.73. The Morgan fingerprint density at radius 1 is 0.944 bits per heavy atom. The molecule has 4 rings (SSSR count). The van der Waals surface area contributed by atoms with E-state index in [1.165, 1.54) is 24.3 Å². The molecule has 2 aromatic carbocycles. The summed E-state index contributed by atoms with van der Waals surface area (Å²) in [7, 11) is -13.5. The van der Waals surface area contributed by atoms with Crippen LogP contribution in [0, 0.1) is 0 Å². The fourth-order valence-electron chi connectivity index (χ4n) is 6.99. The Balaban J connectivity index is 1.66. The first-order chi connectivity index (χ1) is 25.1. The molecule has 2 aromatic rings. The van der Waals surface area contributed by atoms with Gasteiger partial charge in [-0.15, -0.1) is 0 Å². The molecule has 2 aliphatic heterocycles. The van der Waals surface area contributed by atoms with Gasteiger partial charge < -0.3 is 14.8 Å². The van der Waals surface area contributed by atoms with Gasteiger partial charge in [0.1, 0.15) is 16.7 Å². The highest BCUT2D eigenvalue weighted by atomic mass is 32.2. The van der Waals surface area contributed by atoms with Crippen molar-refractivity contribution in [2.45, 2.75) is 86.8 Å². The number of hydrogen-bond acceptors (Lipinski definition) is 10. The number of benzene rings is 2. The summed E-state index contributed by atoms with van der Waals surface area (Å²) in [6, 6.07) is 8.50. The molecular formula is C35H46N6O10S3. The van der Waals surface area contributed by atoms with Gasteiger partial charge in [0.25, 0.3) is 20.2 Å². The molecule has 0 aromatic heterocycles. The number of hydrogen-bond donors (Lipinski definition) is 3. The van der Waals surface area contributed by atoms with Crippen LogP contribution in [-0.4, -0.2) is 87.0 Å². The largest absolute Gasteiger partial charge is 0.744 e. The zero-order chi connectivity index (χ0) is 40.1. The monoisotopic (exact) mass is 806 g/mol. The molecule has 0 spiro atoms. The zero-order valence-corrected chi connectivity index (χ0v) is 33.0. The van der Waals surface area contributed by atoms with E-state index >= 15 is 0 Å². The normalized spacial score (nSPS) is 17.2. The predicted octanol–water partition coefficient (Wildman–Crippen LogP) is 5.11. The molecule has 0 aliphatic carbocycles. The molecular weight excluding hydrogens is 761 g/mol. The average Bonchev–Trinajstić information content (AvgIpc) is 3.41. The zero-order valence-electron chi connectivity index (χ0n) is 30.6. The van der Waals surface area contributed by atoms with Crippen molar-refractivity contribution < 1.29 is 48.3 Å². The van der Waals surface area contributed by atoms with Crippen LogP contribution < -0.4 is 10.2 Å². The number of allylic oxidation sites excluding steroid dienone is 4. The molecule has 1 amide bonds. The van der Waals surface area contributed by atoms with Crippen molar-refractivity contribution in [3.63, 3.8) is 0 Å². The van der Waals surface area contributed by atoms with Crippen molar-refractivity contribution in [2.75, 3.05) is 36.8 Å². The van der Waals surface area contributed by atoms with Gasteiger partial charge in [0.15, 0.2) is 5.71 Å². The molecule has 0 saturated heterocycles. The molecule has 0 atom stereocenters. The highest BCUT2D eigenvalue weighted by molar-refractivity contribution is 7.86. The van der Waals surface area contributed by atoms with Crippen LogP contribution in [0.2, 0.25) is 0 Å². The number of rotatable bonds is 18. The quantitative estimate of drug-likeness (QED) is 0.0446. The number of amides is 1. The summed E-state index contributed by atoms with van der Waals surface area (Å²) in [4.78, 5) is 16.1. The van der Waals surface area contributed by atoms with Gasteiger partial charge >= 0.3 is 0 Å². The van der Waals surface area contributed by atoms with E-state index in [9.17, 15) is 43.7 Å². The molecule has 3 N–H and O–H groups in total. The predicted molar refractivity (Wildman–Crippen MR) is 202 cm³/mol. The molecule has 0 unspecified atom stereocenters. The Bertz CT molecular complexity index is 2260. The lowest BCUT2D eigenvalue weighted by molar-refractivity contribution is -0.438. The van der Waals surface area contributed by atoms with Crippen LogP contribution in [0.3, 0.4) is 0 Å². The summed E-state index contributed by atoms with van der Waals surface area (Å²) in [5.74, 6) is -0.591. The minimum absolute atomic E-state index is 0.0625. The van der Waals surface area contributed by atoms with Gasteiger partial charge in [-0.1, -0.05) is 25.0 Å². The highest BCUT2D eigenvalue weighted by Gasteiger charge is 2.45. The summed E-state index contributed by atoms with van der Waals surface area (Å²) >= 11 is 0. The van der Waals surface area contributed by atoms with Crippen LogP contribution in [0.15, 0.2) is 75.2 Å². The second-order valence-electron chi connectivity index (χ2n) is 14.2. The van der Waals surface area contributed by atoms with Crippen LogP contribution in [-0.2, 0) is 46.0 Å². The van der Waals surface area contributed by atoms with E-state index in [4.69, 9.17) is 5.53 Å². The summed E-state index contributed by atoms with van der Waals surface area (Å²) in [5.41, 5.74) is 10.8. The number of fused-ring (bicyclic) bond motifs is 2. The molecule has 54 heavy (non-hydrogen) atoms. The van der Waals surface area contributed by atoms with Crippen LogP contribution >= 0.6 is 0 Å². The third kappa shape index (κ3) is 10.1. The van der Waals surface area contributed by atoms with Gasteiger partial charge in [0.05, 0.1) is 21.0 Å². The van der Waals surface area contributed by atoms with Crippen molar-refractivity contribution in [1.29, 1.82) is 0 Å². The van der Waals surface area contributed by atoms with Crippen LogP contribution in [0.4, 0.5) is 11.4 Å². The molecule has 2 aliphatic rings. The lowest BCUT2D eigenvalue weighted by atomic mass is 9.81. The fraction of sp³-hybridized carbons (Fsp3) is 0.486. The van der Waals surface area contributed by atoms with Gasteiger partial charge in [0.2, 0.25) is 11.6 Å². The van der Waals surface area contributed by atoms with Crippen molar-refractivity contribution >= 4 is 53.3 Å². The van der Waals surface area contributed by atoms with E-state index in [0.717, 1.165) is 11.4 Å². The van der Waals surface area contributed by atoms with E-state index in [-0.39, 0.29) is 28.7 Å². The Morgan fingerprint density at radius 3 is 2.28 bits per heavy atom. The van der Waals surface area contributed by atoms with Gasteiger partial charge in [-0.2, -0.15) is 21.4 Å². The maximum atomic E-state index is 12.2. The second-order valence-corrected chi connectivity index (χ2v) is 18.6. The maximum Gasteiger partial charge on any atom is 0.294 e. The molecule has 294 valence electrons. The number of azide groups is 1. The van der Waals surface area contributed by atoms with E-state index in [1.54, 1.807) is 18.2 Å². The van der Waals surface area contributed by atoms with E-state index in [2.05, 4.69) is 19.9 Å².